The maximum Gasteiger partial charge on any atom is 0.124 e. The molecule has 34 heavy (non-hydrogen) atoms. The summed E-state index contributed by atoms with van der Waals surface area (Å²) in [6, 6.07) is 14.8. The molecule has 2 heterocycles. The number of fused-ring (bicyclic) bond motifs is 1. The molecule has 4 N–H and O–H groups in total. The molecule has 4 aromatic rings. The summed E-state index contributed by atoms with van der Waals surface area (Å²) in [6.45, 7) is 10.5. The number of hydrogen-bond acceptors (Lipinski definition) is 4. The molecule has 0 saturated carbocycles. The minimum absolute atomic E-state index is 0.196. The first-order valence-corrected chi connectivity index (χ1v) is 12.2. The molecule has 0 aliphatic heterocycles. The fourth-order valence-corrected chi connectivity index (χ4v) is 3.81. The Bertz CT molecular complexity index is 1270. The van der Waals surface area contributed by atoms with E-state index < -0.39 is 0 Å². The van der Waals surface area contributed by atoms with Crippen LogP contribution in [-0.4, -0.2) is 33.0 Å². The van der Waals surface area contributed by atoms with Crippen LogP contribution in [0.5, 0.6) is 0 Å². The summed E-state index contributed by atoms with van der Waals surface area (Å²) in [6.07, 6.45) is 4.10. The van der Waals surface area contributed by atoms with Crippen LogP contribution in [-0.2, 0) is 0 Å². The molecule has 176 valence electrons. The van der Waals surface area contributed by atoms with Gasteiger partial charge < -0.3 is 20.6 Å². The third-order valence-corrected chi connectivity index (χ3v) is 5.86. The number of H-pyrrole nitrogens is 2. The second-order valence-electron chi connectivity index (χ2n) is 8.72. The Morgan fingerprint density at radius 3 is 2.18 bits per heavy atom. The predicted octanol–water partition coefficient (Wildman–Crippen LogP) is 5.47. The van der Waals surface area contributed by atoms with Gasteiger partial charge in [0.2, 0.25) is 0 Å². The van der Waals surface area contributed by atoms with E-state index in [0.717, 1.165) is 71.0 Å². The van der Waals surface area contributed by atoms with Crippen molar-refractivity contribution < 1.29 is 0 Å². The van der Waals surface area contributed by atoms with Gasteiger partial charge in [0.15, 0.2) is 0 Å². The lowest BCUT2D eigenvalue weighted by Gasteiger charge is -2.09. The van der Waals surface area contributed by atoms with Crippen LogP contribution < -0.4 is 10.6 Å². The van der Waals surface area contributed by atoms with Crippen molar-refractivity contribution in [3.05, 3.63) is 71.4 Å². The van der Waals surface area contributed by atoms with Gasteiger partial charge in [0, 0.05) is 11.1 Å². The van der Waals surface area contributed by atoms with Gasteiger partial charge in [-0.05, 0) is 75.7 Å². The van der Waals surface area contributed by atoms with Crippen molar-refractivity contribution in [1.29, 1.82) is 0 Å². The van der Waals surface area contributed by atoms with Crippen molar-refractivity contribution in [2.45, 2.75) is 52.6 Å². The van der Waals surface area contributed by atoms with Crippen molar-refractivity contribution in [2.24, 2.45) is 0 Å². The second kappa shape index (κ2) is 11.1. The highest BCUT2D eigenvalue weighted by Gasteiger charge is 2.11. The minimum Gasteiger partial charge on any atom is -0.341 e. The van der Waals surface area contributed by atoms with Gasteiger partial charge in [0.1, 0.15) is 11.6 Å². The minimum atomic E-state index is 0.196. The Labute approximate surface area is 202 Å². The number of nitrogens with zero attached hydrogens (tertiary/aromatic N) is 2. The molecule has 2 aromatic heterocycles. The first kappa shape index (κ1) is 23.7. The molecule has 0 aliphatic carbocycles. The molecule has 6 nitrogen and oxygen atoms in total. The normalized spacial score (nSPS) is 12.9. The quantitative estimate of drug-likeness (QED) is 0.253. The smallest absolute Gasteiger partial charge is 0.124 e. The van der Waals surface area contributed by atoms with Crippen molar-refractivity contribution in [3.8, 4) is 23.1 Å². The fraction of sp³-hybridized carbons (Fsp3) is 0.357. The molecule has 2 atom stereocenters. The fourth-order valence-electron chi connectivity index (χ4n) is 3.81. The Balaban J connectivity index is 1.44. The average molecular weight is 455 g/mol. The van der Waals surface area contributed by atoms with E-state index in [4.69, 9.17) is 4.98 Å². The number of aromatic amines is 2. The molecule has 0 fully saturated rings. The van der Waals surface area contributed by atoms with Crippen LogP contribution in [0.15, 0.2) is 48.7 Å². The highest BCUT2D eigenvalue weighted by atomic mass is 15.0. The van der Waals surface area contributed by atoms with Crippen LogP contribution in [0.1, 0.15) is 75.4 Å². The second-order valence-corrected chi connectivity index (χ2v) is 8.72. The number of nitrogens with one attached hydrogen (secondary N) is 4. The molecular weight excluding hydrogens is 420 g/mol. The largest absolute Gasteiger partial charge is 0.341 e. The third-order valence-electron chi connectivity index (χ3n) is 5.86. The van der Waals surface area contributed by atoms with E-state index in [0.29, 0.717) is 0 Å². The molecule has 4 rings (SSSR count). The summed E-state index contributed by atoms with van der Waals surface area (Å²) in [5, 5.41) is 6.93. The molecular formula is C28H34N6. The van der Waals surface area contributed by atoms with Gasteiger partial charge in [0.05, 0.1) is 35.0 Å². The van der Waals surface area contributed by atoms with E-state index in [-0.39, 0.29) is 12.1 Å². The molecule has 6 heteroatoms. The van der Waals surface area contributed by atoms with Gasteiger partial charge in [-0.15, -0.1) is 0 Å². The van der Waals surface area contributed by atoms with E-state index in [9.17, 15) is 0 Å². The number of hydrogen-bond donors (Lipinski definition) is 4. The molecule has 0 radical (unpaired) electrons. The lowest BCUT2D eigenvalue weighted by atomic mass is 10.1. The van der Waals surface area contributed by atoms with Gasteiger partial charge in [-0.25, -0.2) is 9.97 Å². The lowest BCUT2D eigenvalue weighted by Crippen LogP contribution is -2.20. The highest BCUT2D eigenvalue weighted by molar-refractivity contribution is 5.77. The van der Waals surface area contributed by atoms with Gasteiger partial charge in [-0.2, -0.15) is 0 Å². The summed E-state index contributed by atoms with van der Waals surface area (Å²) < 4.78 is 0. The summed E-state index contributed by atoms with van der Waals surface area (Å²) in [5.74, 6) is 8.48. The van der Waals surface area contributed by atoms with Gasteiger partial charge in [0.25, 0.3) is 0 Å². The third kappa shape index (κ3) is 5.74. The molecule has 0 aliphatic rings. The zero-order valence-electron chi connectivity index (χ0n) is 20.5. The molecule has 0 bridgehead atoms. The van der Waals surface area contributed by atoms with E-state index >= 15 is 0 Å². The van der Waals surface area contributed by atoms with E-state index in [1.807, 2.05) is 18.3 Å². The number of rotatable bonds is 9. The van der Waals surface area contributed by atoms with Crippen LogP contribution in [0.4, 0.5) is 0 Å². The first-order chi connectivity index (χ1) is 16.6. The van der Waals surface area contributed by atoms with Crippen molar-refractivity contribution in [1.82, 2.24) is 30.6 Å². The zero-order chi connectivity index (χ0) is 23.9. The molecule has 0 saturated heterocycles. The number of benzene rings is 2. The maximum absolute atomic E-state index is 4.71. The highest BCUT2D eigenvalue weighted by Crippen LogP contribution is 2.20. The first-order valence-electron chi connectivity index (χ1n) is 12.2. The van der Waals surface area contributed by atoms with Crippen molar-refractivity contribution in [3.63, 3.8) is 0 Å². The summed E-state index contributed by atoms with van der Waals surface area (Å²) >= 11 is 0. The van der Waals surface area contributed by atoms with E-state index in [1.54, 1.807) is 0 Å². The molecule has 0 amide bonds. The molecule has 2 unspecified atom stereocenters. The van der Waals surface area contributed by atoms with Gasteiger partial charge >= 0.3 is 0 Å². The van der Waals surface area contributed by atoms with Crippen LogP contribution in [0.25, 0.3) is 22.3 Å². The van der Waals surface area contributed by atoms with E-state index in [1.165, 1.54) is 0 Å². The standard InChI is InChI=1S/C28H34N6/c1-5-15-29-19(3)27-31-18-26(34-27)23-12-9-21(10-13-23)7-8-22-11-14-24-25(17-22)33-28(32-24)20(4)30-16-6-2/h9-14,17-20,29-30H,5-6,15-16H2,1-4H3,(H,31,34)(H,32,33). The van der Waals surface area contributed by atoms with E-state index in [2.05, 4.69) is 95.5 Å². The van der Waals surface area contributed by atoms with Gasteiger partial charge in [-0.3, -0.25) is 0 Å². The predicted molar refractivity (Wildman–Crippen MR) is 140 cm³/mol. The van der Waals surface area contributed by atoms with Crippen LogP contribution in [0.3, 0.4) is 0 Å². The Morgan fingerprint density at radius 2 is 1.47 bits per heavy atom. The van der Waals surface area contributed by atoms with Gasteiger partial charge in [-0.1, -0.05) is 37.8 Å². The number of aromatic nitrogens is 4. The van der Waals surface area contributed by atoms with Crippen LogP contribution in [0, 0.1) is 11.8 Å². The Hall–Kier alpha value is -3.40. The molecule has 2 aromatic carbocycles. The Morgan fingerprint density at radius 1 is 0.824 bits per heavy atom. The number of imidazole rings is 2. The van der Waals surface area contributed by atoms with Crippen molar-refractivity contribution >= 4 is 11.0 Å². The van der Waals surface area contributed by atoms with Crippen LogP contribution in [0.2, 0.25) is 0 Å². The monoisotopic (exact) mass is 454 g/mol. The van der Waals surface area contributed by atoms with Crippen molar-refractivity contribution in [2.75, 3.05) is 13.1 Å². The maximum atomic E-state index is 4.71. The topological polar surface area (TPSA) is 81.4 Å². The van der Waals surface area contributed by atoms with Crippen LogP contribution >= 0.6 is 0 Å². The lowest BCUT2D eigenvalue weighted by molar-refractivity contribution is 0.549. The summed E-state index contributed by atoms with van der Waals surface area (Å²) in [4.78, 5) is 16.1. The summed E-state index contributed by atoms with van der Waals surface area (Å²) in [7, 11) is 0. The average Bonchev–Trinajstić information content (AvgIpc) is 3.52. The zero-order valence-corrected chi connectivity index (χ0v) is 20.5. The molecule has 0 spiro atoms. The SMILES string of the molecule is CCCNC(C)c1ncc(-c2ccc(C#Cc3ccc4nc(C(C)NCCC)[nH]c4c3)cc2)[nH]1. The Kier molecular flexibility index (Phi) is 7.79. The summed E-state index contributed by atoms with van der Waals surface area (Å²) in [5.41, 5.74) is 6.04.